The van der Waals surface area contributed by atoms with E-state index >= 15 is 0 Å². The van der Waals surface area contributed by atoms with Gasteiger partial charge in [-0.25, -0.2) is 0 Å². The van der Waals surface area contributed by atoms with Gasteiger partial charge in [0.15, 0.2) is 0 Å². The van der Waals surface area contributed by atoms with Gasteiger partial charge in [0.1, 0.15) is 0 Å². The second-order valence-electron chi connectivity index (χ2n) is 3.30. The van der Waals surface area contributed by atoms with E-state index in [0.29, 0.717) is 0 Å². The van der Waals surface area contributed by atoms with Gasteiger partial charge >= 0.3 is 0 Å². The van der Waals surface area contributed by atoms with Crippen molar-refractivity contribution in [2.24, 2.45) is 5.73 Å². The number of carbonyl (C=O) groups is 1. The summed E-state index contributed by atoms with van der Waals surface area (Å²) < 4.78 is 0. The number of nitrogens with one attached hydrogen (secondary N) is 1. The van der Waals surface area contributed by atoms with E-state index in [1.165, 1.54) is 0 Å². The Kier molecular flexibility index (Phi) is 3.59. The van der Waals surface area contributed by atoms with Crippen molar-refractivity contribution in [1.82, 2.24) is 10.3 Å². The molecule has 1 rings (SSSR count). The maximum Gasteiger partial charge on any atom is 0.237 e. The Hall–Kier alpha value is -1.42. The third kappa shape index (κ3) is 2.81. The van der Waals surface area contributed by atoms with Crippen LogP contribution in [0.2, 0.25) is 0 Å². The molecule has 4 heteroatoms. The van der Waals surface area contributed by atoms with Gasteiger partial charge in [-0.1, -0.05) is 0 Å². The van der Waals surface area contributed by atoms with E-state index in [0.717, 1.165) is 5.56 Å². The fourth-order valence-corrected chi connectivity index (χ4v) is 1.08. The van der Waals surface area contributed by atoms with Crippen LogP contribution in [-0.2, 0) is 4.79 Å². The lowest BCUT2D eigenvalue weighted by atomic mass is 10.1. The van der Waals surface area contributed by atoms with E-state index in [1.54, 1.807) is 19.3 Å². The number of amides is 1. The van der Waals surface area contributed by atoms with Crippen LogP contribution in [0.5, 0.6) is 0 Å². The van der Waals surface area contributed by atoms with Crippen molar-refractivity contribution in [1.29, 1.82) is 0 Å². The van der Waals surface area contributed by atoms with Crippen molar-refractivity contribution < 1.29 is 4.79 Å². The number of pyridine rings is 1. The molecule has 0 aromatic carbocycles. The highest BCUT2D eigenvalue weighted by Gasteiger charge is 2.11. The molecule has 0 spiro atoms. The molecule has 0 bridgehead atoms. The van der Waals surface area contributed by atoms with E-state index in [-0.39, 0.29) is 11.9 Å². The van der Waals surface area contributed by atoms with Crippen molar-refractivity contribution in [3.63, 3.8) is 0 Å². The first-order chi connectivity index (χ1) is 6.61. The SMILES string of the molecule is CC(NC(=O)[C@H](C)N)c1ccncc1. The number of nitrogens with two attached hydrogens (primary N) is 1. The van der Waals surface area contributed by atoms with Crippen molar-refractivity contribution >= 4 is 5.91 Å². The maximum absolute atomic E-state index is 11.3. The highest BCUT2D eigenvalue weighted by atomic mass is 16.2. The number of aromatic nitrogens is 1. The predicted molar refractivity (Wildman–Crippen MR) is 54.4 cm³/mol. The maximum atomic E-state index is 11.3. The van der Waals surface area contributed by atoms with Gasteiger partial charge in [0.05, 0.1) is 12.1 Å². The molecule has 4 nitrogen and oxygen atoms in total. The monoisotopic (exact) mass is 193 g/mol. The molecule has 0 aliphatic carbocycles. The van der Waals surface area contributed by atoms with E-state index in [2.05, 4.69) is 10.3 Å². The van der Waals surface area contributed by atoms with Gasteiger partial charge in [0, 0.05) is 12.4 Å². The summed E-state index contributed by atoms with van der Waals surface area (Å²) in [5.74, 6) is -0.144. The molecule has 3 N–H and O–H groups in total. The van der Waals surface area contributed by atoms with Gasteiger partial charge in [-0.15, -0.1) is 0 Å². The average Bonchev–Trinajstić information content (AvgIpc) is 2.19. The molecular weight excluding hydrogens is 178 g/mol. The van der Waals surface area contributed by atoms with Gasteiger partial charge in [0.2, 0.25) is 5.91 Å². The van der Waals surface area contributed by atoms with E-state index in [1.807, 2.05) is 19.1 Å². The van der Waals surface area contributed by atoms with Crippen LogP contribution in [0, 0.1) is 0 Å². The van der Waals surface area contributed by atoms with E-state index in [4.69, 9.17) is 5.73 Å². The first-order valence-electron chi connectivity index (χ1n) is 4.57. The van der Waals surface area contributed by atoms with Crippen LogP contribution in [0.4, 0.5) is 0 Å². The number of hydrogen-bond acceptors (Lipinski definition) is 3. The highest BCUT2D eigenvalue weighted by molar-refractivity contribution is 5.81. The summed E-state index contributed by atoms with van der Waals surface area (Å²) in [6.45, 7) is 3.57. The molecule has 0 radical (unpaired) electrons. The second-order valence-corrected chi connectivity index (χ2v) is 3.30. The largest absolute Gasteiger partial charge is 0.348 e. The molecule has 0 fully saturated rings. The fraction of sp³-hybridized carbons (Fsp3) is 0.400. The summed E-state index contributed by atoms with van der Waals surface area (Å²) in [6.07, 6.45) is 3.40. The summed E-state index contributed by atoms with van der Waals surface area (Å²) in [4.78, 5) is 15.2. The van der Waals surface area contributed by atoms with E-state index in [9.17, 15) is 4.79 Å². The first kappa shape index (κ1) is 10.7. The third-order valence-electron chi connectivity index (χ3n) is 1.98. The Balaban J connectivity index is 2.59. The molecule has 2 atom stereocenters. The van der Waals surface area contributed by atoms with Crippen LogP contribution in [0.3, 0.4) is 0 Å². The van der Waals surface area contributed by atoms with Gasteiger partial charge < -0.3 is 11.1 Å². The molecule has 0 saturated carbocycles. The predicted octanol–water partition coefficient (Wildman–Crippen LogP) is 0.606. The zero-order valence-corrected chi connectivity index (χ0v) is 8.40. The lowest BCUT2D eigenvalue weighted by Gasteiger charge is -2.15. The zero-order valence-electron chi connectivity index (χ0n) is 8.40. The summed E-state index contributed by atoms with van der Waals surface area (Å²) in [6, 6.07) is 3.23. The minimum Gasteiger partial charge on any atom is -0.348 e. The van der Waals surface area contributed by atoms with Crippen LogP contribution in [-0.4, -0.2) is 16.9 Å². The number of nitrogens with zero attached hydrogens (tertiary/aromatic N) is 1. The highest BCUT2D eigenvalue weighted by Crippen LogP contribution is 2.09. The minimum absolute atomic E-state index is 0.0310. The Morgan fingerprint density at radius 2 is 2.00 bits per heavy atom. The summed E-state index contributed by atoms with van der Waals surface area (Å²) in [5, 5.41) is 2.80. The number of carbonyl (C=O) groups excluding carboxylic acids is 1. The summed E-state index contributed by atoms with van der Waals surface area (Å²) in [5.41, 5.74) is 6.46. The second kappa shape index (κ2) is 4.72. The Bertz CT molecular complexity index is 297. The van der Waals surface area contributed by atoms with Crippen LogP contribution in [0.15, 0.2) is 24.5 Å². The van der Waals surface area contributed by atoms with Gasteiger partial charge in [-0.2, -0.15) is 0 Å². The number of hydrogen-bond donors (Lipinski definition) is 2. The number of rotatable bonds is 3. The van der Waals surface area contributed by atoms with Crippen LogP contribution in [0.25, 0.3) is 0 Å². The molecule has 1 aromatic rings. The Morgan fingerprint density at radius 3 is 2.50 bits per heavy atom. The molecule has 1 heterocycles. The van der Waals surface area contributed by atoms with Crippen molar-refractivity contribution in [2.75, 3.05) is 0 Å². The quantitative estimate of drug-likeness (QED) is 0.739. The molecule has 1 amide bonds. The molecular formula is C10H15N3O. The van der Waals surface area contributed by atoms with Crippen LogP contribution in [0.1, 0.15) is 25.5 Å². The lowest BCUT2D eigenvalue weighted by Crippen LogP contribution is -2.39. The zero-order chi connectivity index (χ0) is 10.6. The molecule has 0 aliphatic heterocycles. The van der Waals surface area contributed by atoms with Gasteiger partial charge in [0.25, 0.3) is 0 Å². The summed E-state index contributed by atoms with van der Waals surface area (Å²) >= 11 is 0. The average molecular weight is 193 g/mol. The topological polar surface area (TPSA) is 68.0 Å². The van der Waals surface area contributed by atoms with Crippen LogP contribution < -0.4 is 11.1 Å². The molecule has 1 aromatic heterocycles. The van der Waals surface area contributed by atoms with Gasteiger partial charge in [-0.05, 0) is 31.5 Å². The molecule has 0 aliphatic rings. The smallest absolute Gasteiger partial charge is 0.237 e. The standard InChI is InChI=1S/C10H15N3O/c1-7(11)10(14)13-8(2)9-3-5-12-6-4-9/h3-8H,11H2,1-2H3,(H,13,14)/t7-,8?/m0/s1. The van der Waals surface area contributed by atoms with Crippen molar-refractivity contribution in [2.45, 2.75) is 25.9 Å². The van der Waals surface area contributed by atoms with Gasteiger partial charge in [-0.3, -0.25) is 9.78 Å². The molecule has 1 unspecified atom stereocenters. The van der Waals surface area contributed by atoms with E-state index < -0.39 is 6.04 Å². The third-order valence-corrected chi connectivity index (χ3v) is 1.98. The lowest BCUT2D eigenvalue weighted by molar-refractivity contribution is -0.122. The Morgan fingerprint density at radius 1 is 1.43 bits per heavy atom. The molecule has 14 heavy (non-hydrogen) atoms. The fourth-order valence-electron chi connectivity index (χ4n) is 1.08. The van der Waals surface area contributed by atoms with Crippen LogP contribution >= 0.6 is 0 Å². The molecule has 76 valence electrons. The van der Waals surface area contributed by atoms with Crippen molar-refractivity contribution in [3.05, 3.63) is 30.1 Å². The summed E-state index contributed by atoms with van der Waals surface area (Å²) in [7, 11) is 0. The van der Waals surface area contributed by atoms with Crippen molar-refractivity contribution in [3.8, 4) is 0 Å². The normalized spacial score (nSPS) is 14.5. The first-order valence-corrected chi connectivity index (χ1v) is 4.57. The Labute approximate surface area is 83.5 Å². The molecule has 0 saturated heterocycles. The minimum atomic E-state index is -0.473.